The van der Waals surface area contributed by atoms with Crippen molar-refractivity contribution >= 4 is 34.4 Å². The molecular weight excluding hydrogens is 392 g/mol. The van der Waals surface area contributed by atoms with Crippen molar-refractivity contribution < 1.29 is 9.90 Å². The minimum absolute atomic E-state index is 0.0137. The number of para-hydroxylation sites is 1. The second-order valence-electron chi connectivity index (χ2n) is 7.64. The third kappa shape index (κ3) is 3.42. The van der Waals surface area contributed by atoms with Crippen LogP contribution >= 0.6 is 11.6 Å². The smallest absolute Gasteiger partial charge is 0.228 e. The zero-order valence-electron chi connectivity index (χ0n) is 15.7. The van der Waals surface area contributed by atoms with Crippen LogP contribution in [-0.4, -0.2) is 44.1 Å². The van der Waals surface area contributed by atoms with Gasteiger partial charge < -0.3 is 15.7 Å². The van der Waals surface area contributed by atoms with Gasteiger partial charge in [0.1, 0.15) is 5.75 Å². The van der Waals surface area contributed by atoms with Crippen molar-refractivity contribution in [3.8, 4) is 17.0 Å². The highest BCUT2D eigenvalue weighted by molar-refractivity contribution is 6.32. The molecule has 1 aliphatic carbocycles. The van der Waals surface area contributed by atoms with Crippen LogP contribution in [0.4, 0.5) is 5.82 Å². The first-order chi connectivity index (χ1) is 14.1. The topological polar surface area (TPSA) is 105 Å². The largest absolute Gasteiger partial charge is 0.506 e. The third-order valence-electron chi connectivity index (χ3n) is 5.56. The Morgan fingerprint density at radius 2 is 2.00 bits per heavy atom. The first-order valence-electron chi connectivity index (χ1n) is 9.87. The van der Waals surface area contributed by atoms with Gasteiger partial charge in [0.15, 0.2) is 11.3 Å². The zero-order valence-corrected chi connectivity index (χ0v) is 16.5. The predicted molar refractivity (Wildman–Crippen MR) is 110 cm³/mol. The first kappa shape index (κ1) is 18.3. The Kier molecular flexibility index (Phi) is 4.60. The Morgan fingerprint density at radius 1 is 1.21 bits per heavy atom. The molecule has 2 aliphatic rings. The number of amides is 1. The fourth-order valence-electron chi connectivity index (χ4n) is 3.77. The molecule has 9 heteroatoms. The molecule has 2 aromatic heterocycles. The lowest BCUT2D eigenvalue weighted by Crippen LogP contribution is -2.30. The molecule has 1 saturated carbocycles. The normalized spacial score (nSPS) is 17.6. The monoisotopic (exact) mass is 412 g/mol. The lowest BCUT2D eigenvalue weighted by atomic mass is 10.1. The number of hydrogen-bond acceptors (Lipinski definition) is 6. The number of nitrogens with one attached hydrogen (secondary N) is 2. The summed E-state index contributed by atoms with van der Waals surface area (Å²) < 4.78 is 1.94. The van der Waals surface area contributed by atoms with Gasteiger partial charge in [-0.05, 0) is 57.0 Å². The Balaban J connectivity index is 1.61. The van der Waals surface area contributed by atoms with Gasteiger partial charge in [0.25, 0.3) is 0 Å². The van der Waals surface area contributed by atoms with Crippen LogP contribution in [0.3, 0.4) is 0 Å². The number of phenolic OH excluding ortho intramolecular Hbond substituents is 1. The molecule has 150 valence electrons. The maximum absolute atomic E-state index is 12.3. The molecule has 29 heavy (non-hydrogen) atoms. The number of aromatic nitrogens is 4. The summed E-state index contributed by atoms with van der Waals surface area (Å²) in [7, 11) is 0. The van der Waals surface area contributed by atoms with E-state index < -0.39 is 0 Å². The average molecular weight is 413 g/mol. The van der Waals surface area contributed by atoms with E-state index in [-0.39, 0.29) is 28.6 Å². The molecule has 1 amide bonds. The number of rotatable bonds is 4. The summed E-state index contributed by atoms with van der Waals surface area (Å²) in [4.78, 5) is 12.3. The molecule has 1 saturated heterocycles. The lowest BCUT2D eigenvalue weighted by Gasteiger charge is -2.23. The first-order valence-corrected chi connectivity index (χ1v) is 10.2. The Hall–Kier alpha value is -2.71. The van der Waals surface area contributed by atoms with E-state index in [0.717, 1.165) is 44.3 Å². The predicted octanol–water partition coefficient (Wildman–Crippen LogP) is 3.13. The summed E-state index contributed by atoms with van der Waals surface area (Å²) in [6, 6.07) is 7.19. The molecule has 8 nitrogen and oxygen atoms in total. The van der Waals surface area contributed by atoms with Crippen LogP contribution in [0.1, 0.15) is 31.7 Å². The van der Waals surface area contributed by atoms with Gasteiger partial charge in [0.2, 0.25) is 5.91 Å². The second-order valence-corrected chi connectivity index (χ2v) is 8.04. The Morgan fingerprint density at radius 3 is 2.76 bits per heavy atom. The maximum Gasteiger partial charge on any atom is 0.228 e. The van der Waals surface area contributed by atoms with Crippen LogP contribution in [0, 0.1) is 5.92 Å². The van der Waals surface area contributed by atoms with Gasteiger partial charge in [-0.15, -0.1) is 10.2 Å². The standard InChI is InChI=1S/C20H21ClN6O2/c21-14-3-1-2-13(18(14)28)15-10-16-17(25-24-15)19(23-20(29)11-4-5-11)26-27(16)12-6-8-22-9-7-12/h1-3,10-12,22,28H,4-9H2,(H,23,26,29). The van der Waals surface area contributed by atoms with E-state index in [1.54, 1.807) is 18.2 Å². The fourth-order valence-corrected chi connectivity index (χ4v) is 3.94. The Labute approximate surface area is 172 Å². The number of aromatic hydroxyl groups is 1. The molecule has 3 heterocycles. The number of fused-ring (bicyclic) bond motifs is 1. The molecule has 0 bridgehead atoms. The number of anilines is 1. The van der Waals surface area contributed by atoms with Gasteiger partial charge in [0.05, 0.1) is 22.3 Å². The lowest BCUT2D eigenvalue weighted by molar-refractivity contribution is -0.117. The number of nitrogens with zero attached hydrogens (tertiary/aromatic N) is 4. The van der Waals surface area contributed by atoms with E-state index in [1.807, 2.05) is 10.7 Å². The molecule has 0 spiro atoms. The number of carbonyl (C=O) groups is 1. The van der Waals surface area contributed by atoms with Crippen molar-refractivity contribution in [2.45, 2.75) is 31.7 Å². The van der Waals surface area contributed by atoms with Gasteiger partial charge in [-0.1, -0.05) is 17.7 Å². The van der Waals surface area contributed by atoms with Crippen LogP contribution in [0.2, 0.25) is 5.02 Å². The summed E-state index contributed by atoms with van der Waals surface area (Å²) >= 11 is 6.06. The quantitative estimate of drug-likeness (QED) is 0.608. The number of hydrogen-bond donors (Lipinski definition) is 3. The zero-order chi connectivity index (χ0) is 20.0. The summed E-state index contributed by atoms with van der Waals surface area (Å²) in [5, 5.41) is 30.2. The minimum Gasteiger partial charge on any atom is -0.506 e. The van der Waals surface area contributed by atoms with Gasteiger partial charge >= 0.3 is 0 Å². The van der Waals surface area contributed by atoms with E-state index in [1.165, 1.54) is 0 Å². The van der Waals surface area contributed by atoms with Gasteiger partial charge in [-0.3, -0.25) is 9.48 Å². The van der Waals surface area contributed by atoms with Crippen molar-refractivity contribution in [2.24, 2.45) is 5.92 Å². The molecule has 5 rings (SSSR count). The molecule has 1 aromatic carbocycles. The van der Waals surface area contributed by atoms with Crippen LogP contribution < -0.4 is 10.6 Å². The third-order valence-corrected chi connectivity index (χ3v) is 5.86. The summed E-state index contributed by atoms with van der Waals surface area (Å²) in [5.74, 6) is 0.479. The van der Waals surface area contributed by atoms with Crippen LogP contribution in [0.15, 0.2) is 24.3 Å². The summed E-state index contributed by atoms with van der Waals surface area (Å²) in [6.45, 7) is 1.83. The Bertz CT molecular complexity index is 1090. The number of phenols is 1. The van der Waals surface area contributed by atoms with E-state index in [2.05, 4.69) is 20.8 Å². The fraction of sp³-hybridized carbons (Fsp3) is 0.400. The highest BCUT2D eigenvalue weighted by Gasteiger charge is 2.31. The van der Waals surface area contributed by atoms with Crippen LogP contribution in [0.5, 0.6) is 5.75 Å². The van der Waals surface area contributed by atoms with Crippen molar-refractivity contribution in [1.82, 2.24) is 25.3 Å². The van der Waals surface area contributed by atoms with Crippen LogP contribution in [-0.2, 0) is 4.79 Å². The molecule has 3 N–H and O–H groups in total. The molecule has 0 radical (unpaired) electrons. The van der Waals surface area contributed by atoms with Crippen molar-refractivity contribution in [3.63, 3.8) is 0 Å². The van der Waals surface area contributed by atoms with Gasteiger partial charge in [0, 0.05) is 11.5 Å². The molecule has 0 atom stereocenters. The van der Waals surface area contributed by atoms with Crippen molar-refractivity contribution in [1.29, 1.82) is 0 Å². The number of carbonyl (C=O) groups excluding carboxylic acids is 1. The van der Waals surface area contributed by atoms with E-state index in [4.69, 9.17) is 16.7 Å². The number of benzene rings is 1. The SMILES string of the molecule is O=C(Nc1nn(C2CCNCC2)c2cc(-c3cccc(Cl)c3O)nnc12)C1CC1. The molecular formula is C20H21ClN6O2. The highest BCUT2D eigenvalue weighted by Crippen LogP contribution is 2.37. The average Bonchev–Trinajstić information content (AvgIpc) is 3.54. The van der Waals surface area contributed by atoms with E-state index in [9.17, 15) is 9.90 Å². The maximum atomic E-state index is 12.3. The number of halogens is 1. The highest BCUT2D eigenvalue weighted by atomic mass is 35.5. The second kappa shape index (κ2) is 7.27. The van der Waals surface area contributed by atoms with Crippen molar-refractivity contribution in [2.75, 3.05) is 18.4 Å². The number of piperidine rings is 1. The molecule has 3 aromatic rings. The molecule has 2 fully saturated rings. The molecule has 1 aliphatic heterocycles. The van der Waals surface area contributed by atoms with Gasteiger partial charge in [-0.2, -0.15) is 5.10 Å². The van der Waals surface area contributed by atoms with E-state index in [0.29, 0.717) is 22.6 Å². The molecule has 0 unspecified atom stereocenters. The van der Waals surface area contributed by atoms with E-state index >= 15 is 0 Å². The summed E-state index contributed by atoms with van der Waals surface area (Å²) in [6.07, 6.45) is 3.71. The van der Waals surface area contributed by atoms with Crippen LogP contribution in [0.25, 0.3) is 22.3 Å². The summed E-state index contributed by atoms with van der Waals surface area (Å²) in [5.41, 5.74) is 2.36. The van der Waals surface area contributed by atoms with Gasteiger partial charge in [-0.25, -0.2) is 0 Å². The van der Waals surface area contributed by atoms with Crippen molar-refractivity contribution in [3.05, 3.63) is 29.3 Å². The minimum atomic E-state index is -0.0296.